The van der Waals surface area contributed by atoms with E-state index in [-0.39, 0.29) is 24.6 Å². The van der Waals surface area contributed by atoms with Gasteiger partial charge in [0.2, 0.25) is 15.9 Å². The molecule has 1 aromatic rings. The maximum atomic E-state index is 13.5. The van der Waals surface area contributed by atoms with Crippen LogP contribution in [-0.4, -0.2) is 27.4 Å². The van der Waals surface area contributed by atoms with Gasteiger partial charge in [0.15, 0.2) is 0 Å². The van der Waals surface area contributed by atoms with Gasteiger partial charge >= 0.3 is 0 Å². The molecule has 0 saturated heterocycles. The summed E-state index contributed by atoms with van der Waals surface area (Å²) in [7, 11) is -4.03. The number of halogens is 1. The zero-order valence-corrected chi connectivity index (χ0v) is 12.8. The third-order valence-electron chi connectivity index (χ3n) is 2.60. The SMILES string of the molecule is CC(C)CNC(=O)CCNS(=O)(=O)c1cc(N)ccc1F. The van der Waals surface area contributed by atoms with Crippen LogP contribution in [-0.2, 0) is 14.8 Å². The molecule has 1 amide bonds. The van der Waals surface area contributed by atoms with Gasteiger partial charge in [0.05, 0.1) is 0 Å². The van der Waals surface area contributed by atoms with Crippen LogP contribution in [0.2, 0.25) is 0 Å². The number of carbonyl (C=O) groups is 1. The summed E-state index contributed by atoms with van der Waals surface area (Å²) in [6.07, 6.45) is -0.0180. The number of rotatable bonds is 7. The number of carbonyl (C=O) groups excluding carboxylic acids is 1. The highest BCUT2D eigenvalue weighted by Gasteiger charge is 2.19. The number of benzene rings is 1. The number of hydrogen-bond acceptors (Lipinski definition) is 4. The first-order valence-electron chi connectivity index (χ1n) is 6.54. The molecule has 118 valence electrons. The Morgan fingerprint density at radius 3 is 2.67 bits per heavy atom. The lowest BCUT2D eigenvalue weighted by Gasteiger charge is -2.09. The van der Waals surface area contributed by atoms with Gasteiger partial charge in [-0.3, -0.25) is 4.79 Å². The Balaban J connectivity index is 2.58. The lowest BCUT2D eigenvalue weighted by atomic mass is 10.2. The number of nitrogens with two attached hydrogens (primary N) is 1. The van der Waals surface area contributed by atoms with Crippen molar-refractivity contribution in [1.82, 2.24) is 10.0 Å². The summed E-state index contributed by atoms with van der Waals surface area (Å²) in [5, 5.41) is 2.66. The molecule has 0 unspecified atom stereocenters. The highest BCUT2D eigenvalue weighted by atomic mass is 32.2. The molecule has 4 N–H and O–H groups in total. The Hall–Kier alpha value is -1.67. The van der Waals surface area contributed by atoms with E-state index in [4.69, 9.17) is 5.73 Å². The van der Waals surface area contributed by atoms with E-state index in [9.17, 15) is 17.6 Å². The van der Waals surface area contributed by atoms with E-state index in [1.165, 1.54) is 6.07 Å². The predicted molar refractivity (Wildman–Crippen MR) is 78.5 cm³/mol. The molecular weight excluding hydrogens is 297 g/mol. The Bertz CT molecular complexity index is 603. The zero-order valence-electron chi connectivity index (χ0n) is 12.0. The molecular formula is C13H20FN3O3S. The van der Waals surface area contributed by atoms with Gasteiger partial charge in [-0.2, -0.15) is 0 Å². The van der Waals surface area contributed by atoms with E-state index in [2.05, 4.69) is 10.0 Å². The van der Waals surface area contributed by atoms with Gasteiger partial charge in [0.25, 0.3) is 0 Å². The number of amides is 1. The summed E-state index contributed by atoms with van der Waals surface area (Å²) in [4.78, 5) is 10.9. The van der Waals surface area contributed by atoms with Crippen molar-refractivity contribution in [2.75, 3.05) is 18.8 Å². The third-order valence-corrected chi connectivity index (χ3v) is 4.07. The van der Waals surface area contributed by atoms with Crippen molar-refractivity contribution in [2.45, 2.75) is 25.2 Å². The van der Waals surface area contributed by atoms with E-state index < -0.39 is 20.7 Å². The first-order valence-corrected chi connectivity index (χ1v) is 8.02. The number of nitrogen functional groups attached to an aromatic ring is 1. The van der Waals surface area contributed by atoms with Crippen molar-refractivity contribution < 1.29 is 17.6 Å². The molecule has 0 spiro atoms. The molecule has 21 heavy (non-hydrogen) atoms. The van der Waals surface area contributed by atoms with Crippen LogP contribution in [0.4, 0.5) is 10.1 Å². The summed E-state index contributed by atoms with van der Waals surface area (Å²) < 4.78 is 39.5. The lowest BCUT2D eigenvalue weighted by molar-refractivity contribution is -0.121. The summed E-state index contributed by atoms with van der Waals surface area (Å²) in [6, 6.07) is 3.30. The standard InChI is InChI=1S/C13H20FN3O3S/c1-9(2)8-16-13(18)5-6-17-21(19,20)12-7-10(15)3-4-11(12)14/h3-4,7,9,17H,5-6,8,15H2,1-2H3,(H,16,18). The van der Waals surface area contributed by atoms with E-state index in [0.29, 0.717) is 12.5 Å². The maximum absolute atomic E-state index is 13.5. The fraction of sp³-hybridized carbons (Fsp3) is 0.462. The normalized spacial score (nSPS) is 11.6. The van der Waals surface area contributed by atoms with E-state index in [1.807, 2.05) is 13.8 Å². The molecule has 0 radical (unpaired) electrons. The lowest BCUT2D eigenvalue weighted by Crippen LogP contribution is -2.32. The molecule has 0 aliphatic rings. The summed E-state index contributed by atoms with van der Waals surface area (Å²) in [5.41, 5.74) is 5.59. The smallest absolute Gasteiger partial charge is 0.243 e. The summed E-state index contributed by atoms with van der Waals surface area (Å²) in [6.45, 7) is 4.31. The van der Waals surface area contributed by atoms with Gasteiger partial charge in [-0.25, -0.2) is 17.5 Å². The predicted octanol–water partition coefficient (Wildman–Crippen LogP) is 0.849. The minimum absolute atomic E-state index is 0.0180. The van der Waals surface area contributed by atoms with Crippen LogP contribution >= 0.6 is 0 Å². The first-order chi connectivity index (χ1) is 9.72. The molecule has 0 saturated carbocycles. The second kappa shape index (κ2) is 7.37. The average Bonchev–Trinajstić information content (AvgIpc) is 2.39. The Labute approximate surface area is 124 Å². The number of hydrogen-bond donors (Lipinski definition) is 3. The van der Waals surface area contributed by atoms with Crippen LogP contribution in [0.3, 0.4) is 0 Å². The summed E-state index contributed by atoms with van der Waals surface area (Å²) in [5.74, 6) is -0.840. The van der Waals surface area contributed by atoms with Crippen LogP contribution in [0.25, 0.3) is 0 Å². The van der Waals surface area contributed by atoms with Gasteiger partial charge in [-0.15, -0.1) is 0 Å². The van der Waals surface area contributed by atoms with Gasteiger partial charge < -0.3 is 11.1 Å². The Morgan fingerprint density at radius 2 is 2.05 bits per heavy atom. The third kappa shape index (κ3) is 5.68. The minimum atomic E-state index is -4.03. The van der Waals surface area contributed by atoms with Gasteiger partial charge in [-0.05, 0) is 24.1 Å². The first kappa shape index (κ1) is 17.4. The van der Waals surface area contributed by atoms with Gasteiger partial charge in [0.1, 0.15) is 10.7 Å². The number of anilines is 1. The van der Waals surface area contributed by atoms with Crippen LogP contribution in [0.1, 0.15) is 20.3 Å². The average molecular weight is 317 g/mol. The summed E-state index contributed by atoms with van der Waals surface area (Å²) >= 11 is 0. The molecule has 0 fully saturated rings. The highest BCUT2D eigenvalue weighted by molar-refractivity contribution is 7.89. The van der Waals surface area contributed by atoms with Crippen LogP contribution in [0.5, 0.6) is 0 Å². The Morgan fingerprint density at radius 1 is 1.38 bits per heavy atom. The molecule has 8 heteroatoms. The zero-order chi connectivity index (χ0) is 16.0. The molecule has 6 nitrogen and oxygen atoms in total. The van der Waals surface area contributed by atoms with E-state index in [1.54, 1.807) is 0 Å². The van der Waals surface area contributed by atoms with E-state index in [0.717, 1.165) is 12.1 Å². The van der Waals surface area contributed by atoms with Crippen molar-refractivity contribution in [3.05, 3.63) is 24.0 Å². The van der Waals surface area contributed by atoms with Crippen molar-refractivity contribution >= 4 is 21.6 Å². The highest BCUT2D eigenvalue weighted by Crippen LogP contribution is 2.17. The van der Waals surface area contributed by atoms with E-state index >= 15 is 0 Å². The topological polar surface area (TPSA) is 101 Å². The molecule has 0 aliphatic carbocycles. The van der Waals surface area contributed by atoms with Gasteiger partial charge in [0, 0.05) is 25.2 Å². The van der Waals surface area contributed by atoms with Crippen LogP contribution < -0.4 is 15.8 Å². The number of sulfonamides is 1. The minimum Gasteiger partial charge on any atom is -0.399 e. The fourth-order valence-corrected chi connectivity index (χ4v) is 2.65. The molecule has 1 rings (SSSR count). The molecule has 0 atom stereocenters. The molecule has 0 aliphatic heterocycles. The second-order valence-corrected chi connectivity index (χ2v) is 6.77. The Kier molecular flexibility index (Phi) is 6.10. The van der Waals surface area contributed by atoms with Crippen molar-refractivity contribution in [2.24, 2.45) is 5.92 Å². The van der Waals surface area contributed by atoms with Gasteiger partial charge in [-0.1, -0.05) is 13.8 Å². The monoisotopic (exact) mass is 317 g/mol. The van der Waals surface area contributed by atoms with Crippen molar-refractivity contribution in [3.63, 3.8) is 0 Å². The van der Waals surface area contributed by atoms with Crippen LogP contribution in [0.15, 0.2) is 23.1 Å². The largest absolute Gasteiger partial charge is 0.399 e. The fourth-order valence-electron chi connectivity index (χ4n) is 1.51. The van der Waals surface area contributed by atoms with Crippen molar-refractivity contribution in [3.8, 4) is 0 Å². The maximum Gasteiger partial charge on any atom is 0.243 e. The van der Waals surface area contributed by atoms with Crippen molar-refractivity contribution in [1.29, 1.82) is 0 Å². The molecule has 0 aromatic heterocycles. The molecule has 0 bridgehead atoms. The molecule has 1 aromatic carbocycles. The molecule has 0 heterocycles. The second-order valence-electron chi connectivity index (χ2n) is 5.04. The van der Waals surface area contributed by atoms with Crippen LogP contribution in [0, 0.1) is 11.7 Å². The quantitative estimate of drug-likeness (QED) is 0.649. The number of nitrogens with one attached hydrogen (secondary N) is 2.